The quantitative estimate of drug-likeness (QED) is 0.642. The first-order valence-corrected chi connectivity index (χ1v) is 11.3. The molecule has 0 radical (unpaired) electrons. The Bertz CT molecular complexity index is 882. The molecule has 0 spiro atoms. The van der Waals surface area contributed by atoms with Crippen molar-refractivity contribution in [3.63, 3.8) is 0 Å². The topological polar surface area (TPSA) is 52.7 Å². The number of hydrogen-bond donors (Lipinski definition) is 1. The van der Waals surface area contributed by atoms with Gasteiger partial charge in [-0.15, -0.1) is 0 Å². The number of carbonyl (C=O) groups is 2. The van der Waals surface area contributed by atoms with Crippen LogP contribution < -0.4 is 5.32 Å². The van der Waals surface area contributed by atoms with Gasteiger partial charge in [-0.05, 0) is 36.2 Å². The standard InChI is InChI=1S/C23H27BrClN3O2/c1-16(20-5-3-4-6-21(20)25)27-11-13-28(14-12-27)23(30)15-22(26-17(2)29)18-7-9-19(24)10-8-18/h3-10,16,22H,11-15H2,1-2H3,(H,26,29). The second-order valence-electron chi connectivity index (χ2n) is 7.62. The van der Waals surface area contributed by atoms with Gasteiger partial charge in [-0.2, -0.15) is 0 Å². The smallest absolute Gasteiger partial charge is 0.225 e. The third kappa shape index (κ3) is 5.84. The summed E-state index contributed by atoms with van der Waals surface area (Å²) in [5.74, 6) is -0.0872. The van der Waals surface area contributed by atoms with Crippen LogP contribution in [0.3, 0.4) is 0 Å². The Kier molecular flexibility index (Phi) is 7.92. The van der Waals surface area contributed by atoms with E-state index in [0.717, 1.165) is 33.7 Å². The Morgan fingerprint density at radius 3 is 2.30 bits per heavy atom. The molecular weight excluding hydrogens is 466 g/mol. The van der Waals surface area contributed by atoms with Crippen LogP contribution in [0.15, 0.2) is 53.0 Å². The molecule has 1 aliphatic heterocycles. The fourth-order valence-corrected chi connectivity index (χ4v) is 4.42. The van der Waals surface area contributed by atoms with Gasteiger partial charge in [0.2, 0.25) is 11.8 Å². The number of hydrogen-bond acceptors (Lipinski definition) is 3. The van der Waals surface area contributed by atoms with Crippen LogP contribution in [0.2, 0.25) is 5.02 Å². The van der Waals surface area contributed by atoms with Crippen molar-refractivity contribution in [1.82, 2.24) is 15.1 Å². The summed E-state index contributed by atoms with van der Waals surface area (Å²) in [6, 6.07) is 15.5. The summed E-state index contributed by atoms with van der Waals surface area (Å²) in [5, 5.41) is 3.69. The number of rotatable bonds is 6. The molecule has 2 unspecified atom stereocenters. The molecule has 1 fully saturated rings. The molecule has 7 heteroatoms. The lowest BCUT2D eigenvalue weighted by Crippen LogP contribution is -2.50. The number of nitrogens with one attached hydrogen (secondary N) is 1. The predicted molar refractivity (Wildman–Crippen MR) is 123 cm³/mol. The second kappa shape index (κ2) is 10.4. The zero-order valence-corrected chi connectivity index (χ0v) is 19.6. The normalized spacial score (nSPS) is 16.7. The maximum Gasteiger partial charge on any atom is 0.225 e. The van der Waals surface area contributed by atoms with Crippen molar-refractivity contribution in [3.8, 4) is 0 Å². The van der Waals surface area contributed by atoms with Crippen molar-refractivity contribution in [2.75, 3.05) is 26.2 Å². The van der Waals surface area contributed by atoms with Crippen molar-refractivity contribution < 1.29 is 9.59 Å². The molecule has 0 bridgehead atoms. The lowest BCUT2D eigenvalue weighted by Gasteiger charge is -2.39. The van der Waals surface area contributed by atoms with Crippen molar-refractivity contribution in [2.24, 2.45) is 0 Å². The monoisotopic (exact) mass is 491 g/mol. The van der Waals surface area contributed by atoms with Gasteiger partial charge in [0.15, 0.2) is 0 Å². The minimum absolute atomic E-state index is 0.0571. The van der Waals surface area contributed by atoms with E-state index in [2.05, 4.69) is 39.1 Å². The van der Waals surface area contributed by atoms with Crippen molar-refractivity contribution in [2.45, 2.75) is 32.4 Å². The van der Waals surface area contributed by atoms with E-state index >= 15 is 0 Å². The molecule has 1 heterocycles. The molecule has 2 aromatic carbocycles. The van der Waals surface area contributed by atoms with Gasteiger partial charge in [-0.1, -0.05) is 57.9 Å². The minimum atomic E-state index is -0.330. The summed E-state index contributed by atoms with van der Waals surface area (Å²) in [4.78, 5) is 28.9. The van der Waals surface area contributed by atoms with Gasteiger partial charge in [0, 0.05) is 48.6 Å². The molecule has 2 amide bonds. The van der Waals surface area contributed by atoms with E-state index in [-0.39, 0.29) is 30.3 Å². The Labute approximate surface area is 191 Å². The molecular formula is C23H27BrClN3O2. The van der Waals surface area contributed by atoms with Crippen LogP contribution in [0, 0.1) is 0 Å². The van der Waals surface area contributed by atoms with Gasteiger partial charge in [-0.3, -0.25) is 14.5 Å². The van der Waals surface area contributed by atoms with E-state index in [9.17, 15) is 9.59 Å². The summed E-state index contributed by atoms with van der Waals surface area (Å²) < 4.78 is 0.961. The molecule has 30 heavy (non-hydrogen) atoms. The van der Waals surface area contributed by atoms with E-state index in [0.29, 0.717) is 13.1 Å². The zero-order valence-electron chi connectivity index (χ0n) is 17.3. The molecule has 0 saturated carbocycles. The van der Waals surface area contributed by atoms with Crippen LogP contribution >= 0.6 is 27.5 Å². The number of piperazine rings is 1. The van der Waals surface area contributed by atoms with Crippen LogP contribution in [-0.4, -0.2) is 47.8 Å². The zero-order chi connectivity index (χ0) is 21.7. The average Bonchev–Trinajstić information content (AvgIpc) is 2.73. The van der Waals surface area contributed by atoms with Gasteiger partial charge in [0.05, 0.1) is 12.5 Å². The van der Waals surface area contributed by atoms with Gasteiger partial charge in [0.1, 0.15) is 0 Å². The summed E-state index contributed by atoms with van der Waals surface area (Å²) in [6.07, 6.45) is 0.251. The molecule has 0 aromatic heterocycles. The Morgan fingerprint density at radius 1 is 1.07 bits per heavy atom. The molecule has 2 atom stereocenters. The SMILES string of the molecule is CC(=O)NC(CC(=O)N1CCN(C(C)c2ccccc2Cl)CC1)c1ccc(Br)cc1. The lowest BCUT2D eigenvalue weighted by molar-refractivity contribution is -0.134. The van der Waals surface area contributed by atoms with E-state index in [1.807, 2.05) is 47.4 Å². The fourth-order valence-electron chi connectivity index (χ4n) is 3.87. The molecule has 160 valence electrons. The maximum atomic E-state index is 13.0. The van der Waals surface area contributed by atoms with E-state index in [4.69, 9.17) is 11.6 Å². The number of benzene rings is 2. The summed E-state index contributed by atoms with van der Waals surface area (Å²) in [7, 11) is 0. The minimum Gasteiger partial charge on any atom is -0.349 e. The largest absolute Gasteiger partial charge is 0.349 e. The van der Waals surface area contributed by atoms with Gasteiger partial charge < -0.3 is 10.2 Å². The maximum absolute atomic E-state index is 13.0. The predicted octanol–water partition coefficient (Wildman–Crippen LogP) is 4.58. The van der Waals surface area contributed by atoms with Crippen LogP contribution in [0.4, 0.5) is 0 Å². The third-order valence-corrected chi connectivity index (χ3v) is 6.47. The molecule has 3 rings (SSSR count). The highest BCUT2D eigenvalue weighted by atomic mass is 79.9. The molecule has 0 aliphatic carbocycles. The average molecular weight is 493 g/mol. The lowest BCUT2D eigenvalue weighted by atomic mass is 10.0. The van der Waals surface area contributed by atoms with Crippen molar-refractivity contribution >= 4 is 39.3 Å². The summed E-state index contributed by atoms with van der Waals surface area (Å²) in [5.41, 5.74) is 2.03. The molecule has 1 aliphatic rings. The number of halogens is 2. The second-order valence-corrected chi connectivity index (χ2v) is 8.95. The van der Waals surface area contributed by atoms with E-state index in [1.54, 1.807) is 0 Å². The van der Waals surface area contributed by atoms with Crippen LogP contribution in [0.5, 0.6) is 0 Å². The highest BCUT2D eigenvalue weighted by Gasteiger charge is 2.27. The van der Waals surface area contributed by atoms with Gasteiger partial charge >= 0.3 is 0 Å². The van der Waals surface area contributed by atoms with Crippen LogP contribution in [0.25, 0.3) is 0 Å². The first-order valence-electron chi connectivity index (χ1n) is 10.1. The van der Waals surface area contributed by atoms with Crippen LogP contribution in [0.1, 0.15) is 43.5 Å². The summed E-state index contributed by atoms with van der Waals surface area (Å²) >= 11 is 9.78. The fraction of sp³-hybridized carbons (Fsp3) is 0.391. The Balaban J connectivity index is 1.60. The first kappa shape index (κ1) is 22.8. The molecule has 1 N–H and O–H groups in total. The molecule has 1 saturated heterocycles. The van der Waals surface area contributed by atoms with E-state index < -0.39 is 0 Å². The summed E-state index contributed by atoms with van der Waals surface area (Å²) in [6.45, 7) is 6.55. The Morgan fingerprint density at radius 2 is 1.70 bits per heavy atom. The van der Waals surface area contributed by atoms with E-state index in [1.165, 1.54) is 6.92 Å². The third-order valence-electron chi connectivity index (χ3n) is 5.60. The molecule has 5 nitrogen and oxygen atoms in total. The van der Waals surface area contributed by atoms with Crippen molar-refractivity contribution in [3.05, 3.63) is 69.2 Å². The Hall–Kier alpha value is -1.89. The van der Waals surface area contributed by atoms with Crippen molar-refractivity contribution in [1.29, 1.82) is 0 Å². The number of carbonyl (C=O) groups excluding carboxylic acids is 2. The number of nitrogens with zero attached hydrogens (tertiary/aromatic N) is 2. The van der Waals surface area contributed by atoms with Gasteiger partial charge in [0.25, 0.3) is 0 Å². The number of amides is 2. The highest BCUT2D eigenvalue weighted by molar-refractivity contribution is 9.10. The van der Waals surface area contributed by atoms with Gasteiger partial charge in [-0.25, -0.2) is 0 Å². The highest BCUT2D eigenvalue weighted by Crippen LogP contribution is 2.28. The molecule has 2 aromatic rings. The first-order chi connectivity index (χ1) is 14.3. The van der Waals surface area contributed by atoms with Crippen LogP contribution in [-0.2, 0) is 9.59 Å².